The molecule has 0 heterocycles. The molecule has 0 saturated heterocycles. The molecule has 1 aromatic rings. The highest BCUT2D eigenvalue weighted by Gasteiger charge is 2.28. The maximum absolute atomic E-state index is 13.8. The first kappa shape index (κ1) is 23.1. The quantitative estimate of drug-likeness (QED) is 0.280. The van der Waals surface area contributed by atoms with Gasteiger partial charge in [-0.05, 0) is 80.4 Å². The van der Waals surface area contributed by atoms with Gasteiger partial charge in [0.15, 0.2) is 0 Å². The van der Waals surface area contributed by atoms with Gasteiger partial charge in [-0.15, -0.1) is 0 Å². The van der Waals surface area contributed by atoms with Gasteiger partial charge in [0.25, 0.3) is 0 Å². The maximum atomic E-state index is 13.8. The minimum atomic E-state index is -0.385. The van der Waals surface area contributed by atoms with Crippen molar-refractivity contribution in [2.24, 2.45) is 17.8 Å². The molecule has 0 bridgehead atoms. The highest BCUT2D eigenvalue weighted by molar-refractivity contribution is 5.33. The van der Waals surface area contributed by atoms with Crippen molar-refractivity contribution in [3.05, 3.63) is 46.8 Å². The second kappa shape index (κ2) is 12.3. The molecule has 0 radical (unpaired) electrons. The number of halogens is 1. The van der Waals surface area contributed by atoms with Crippen LogP contribution < -0.4 is 0 Å². The average Bonchev–Trinajstić information content (AvgIpc) is 2.78. The first-order valence-electron chi connectivity index (χ1n) is 12.6. The Morgan fingerprint density at radius 3 is 2.43 bits per heavy atom. The third-order valence-corrected chi connectivity index (χ3v) is 7.71. The van der Waals surface area contributed by atoms with Crippen LogP contribution in [0.4, 0.5) is 4.39 Å². The minimum absolute atomic E-state index is 0.143. The molecule has 1 atom stereocenters. The summed E-state index contributed by atoms with van der Waals surface area (Å²) in [7, 11) is 0. The van der Waals surface area contributed by atoms with Crippen molar-refractivity contribution in [2.75, 3.05) is 0 Å². The Morgan fingerprint density at radius 2 is 1.77 bits per heavy atom. The molecule has 1 aromatic carbocycles. The van der Waals surface area contributed by atoms with Gasteiger partial charge in [0, 0.05) is 0 Å². The average molecular weight is 410 g/mol. The largest absolute Gasteiger partial charge is 0.206 e. The molecule has 2 aliphatic rings. The van der Waals surface area contributed by atoms with E-state index in [2.05, 4.69) is 13.0 Å². The lowest BCUT2D eigenvalue weighted by molar-refractivity contribution is 0.185. The summed E-state index contributed by atoms with van der Waals surface area (Å²) in [5.41, 5.74) is 2.70. The molecule has 1 fully saturated rings. The van der Waals surface area contributed by atoms with E-state index < -0.39 is 0 Å². The molecule has 0 N–H and O–H groups in total. The van der Waals surface area contributed by atoms with Gasteiger partial charge in [0.1, 0.15) is 11.9 Å². The Morgan fingerprint density at radius 1 is 0.967 bits per heavy atom. The van der Waals surface area contributed by atoms with Gasteiger partial charge in [-0.3, -0.25) is 0 Å². The van der Waals surface area contributed by atoms with Crippen LogP contribution in [-0.4, -0.2) is 0 Å². The Balaban J connectivity index is 1.35. The molecule has 1 unspecified atom stereocenters. The van der Waals surface area contributed by atoms with Crippen LogP contribution in [0.2, 0.25) is 0 Å². The number of allylic oxidation sites excluding steroid dienone is 2. The molecule has 30 heavy (non-hydrogen) atoms. The summed E-state index contributed by atoms with van der Waals surface area (Å²) in [5, 5.41) is 8.86. The van der Waals surface area contributed by atoms with Crippen LogP contribution in [0.1, 0.15) is 108 Å². The maximum Gasteiger partial charge on any atom is 0.141 e. The topological polar surface area (TPSA) is 23.8 Å². The number of rotatable bonds is 10. The number of benzene rings is 1. The van der Waals surface area contributed by atoms with Crippen LogP contribution >= 0.6 is 0 Å². The third-order valence-electron chi connectivity index (χ3n) is 7.71. The molecule has 0 amide bonds. The zero-order chi connectivity index (χ0) is 21.2. The van der Waals surface area contributed by atoms with Gasteiger partial charge in [0.05, 0.1) is 5.56 Å². The van der Waals surface area contributed by atoms with Gasteiger partial charge in [0.2, 0.25) is 0 Å². The summed E-state index contributed by atoms with van der Waals surface area (Å²) in [4.78, 5) is 0. The molecule has 1 saturated carbocycles. The normalized spacial score (nSPS) is 24.3. The number of hydrogen-bond acceptors (Lipinski definition) is 1. The SMILES string of the molecule is CCCCCCCC1CCC(C2CC=C(CCc3ccc(C#N)c(F)c3)CC2)CC1. The van der Waals surface area contributed by atoms with Crippen LogP contribution in [0.25, 0.3) is 0 Å². The predicted octanol–water partition coefficient (Wildman–Crippen LogP) is 8.52. The van der Waals surface area contributed by atoms with E-state index in [1.54, 1.807) is 11.6 Å². The van der Waals surface area contributed by atoms with E-state index in [1.165, 1.54) is 89.5 Å². The lowest BCUT2D eigenvalue weighted by Gasteiger charge is -2.35. The standard InChI is InChI=1S/C28H40FN/c1-2-3-4-5-6-7-22-10-15-25(16-11-22)26-17-12-23(13-18-26)8-9-24-14-19-27(21-30)28(29)20-24/h12,14,19-20,22,25-26H,2-11,13,15-18H2,1H3. The lowest BCUT2D eigenvalue weighted by Crippen LogP contribution is -2.23. The molecule has 0 spiro atoms. The van der Waals surface area contributed by atoms with Gasteiger partial charge < -0.3 is 0 Å². The molecular formula is C28H40FN. The fourth-order valence-electron chi connectivity index (χ4n) is 5.66. The van der Waals surface area contributed by atoms with Crippen molar-refractivity contribution in [1.29, 1.82) is 5.26 Å². The van der Waals surface area contributed by atoms with Crippen LogP contribution in [-0.2, 0) is 6.42 Å². The highest BCUT2D eigenvalue weighted by Crippen LogP contribution is 2.41. The zero-order valence-electron chi connectivity index (χ0n) is 19.0. The molecule has 0 aromatic heterocycles. The highest BCUT2D eigenvalue weighted by atomic mass is 19.1. The summed E-state index contributed by atoms with van der Waals surface area (Å²) < 4.78 is 13.8. The second-order valence-electron chi connectivity index (χ2n) is 9.81. The van der Waals surface area contributed by atoms with Crippen molar-refractivity contribution in [3.63, 3.8) is 0 Å². The molecule has 164 valence electrons. The van der Waals surface area contributed by atoms with E-state index in [9.17, 15) is 4.39 Å². The van der Waals surface area contributed by atoms with E-state index in [0.717, 1.165) is 36.2 Å². The van der Waals surface area contributed by atoms with Gasteiger partial charge in [-0.25, -0.2) is 4.39 Å². The van der Waals surface area contributed by atoms with Crippen molar-refractivity contribution in [2.45, 2.75) is 103 Å². The second-order valence-corrected chi connectivity index (χ2v) is 9.81. The predicted molar refractivity (Wildman–Crippen MR) is 124 cm³/mol. The van der Waals surface area contributed by atoms with Crippen molar-refractivity contribution in [1.82, 2.24) is 0 Å². The van der Waals surface area contributed by atoms with Crippen molar-refractivity contribution in [3.8, 4) is 6.07 Å². The van der Waals surface area contributed by atoms with E-state index in [-0.39, 0.29) is 11.4 Å². The van der Waals surface area contributed by atoms with E-state index >= 15 is 0 Å². The van der Waals surface area contributed by atoms with Crippen molar-refractivity contribution >= 4 is 0 Å². The summed E-state index contributed by atoms with van der Waals surface area (Å²) >= 11 is 0. The van der Waals surface area contributed by atoms with Crippen LogP contribution in [0.5, 0.6) is 0 Å². The van der Waals surface area contributed by atoms with Gasteiger partial charge in [-0.2, -0.15) is 5.26 Å². The number of unbranched alkanes of at least 4 members (excludes halogenated alkanes) is 4. The van der Waals surface area contributed by atoms with Crippen LogP contribution in [0, 0.1) is 34.9 Å². The van der Waals surface area contributed by atoms with Crippen LogP contribution in [0.3, 0.4) is 0 Å². The number of aryl methyl sites for hydroxylation is 1. The van der Waals surface area contributed by atoms with E-state index in [1.807, 2.05) is 12.1 Å². The Bertz CT molecular complexity index is 721. The number of nitrogens with zero attached hydrogens (tertiary/aromatic N) is 1. The number of hydrogen-bond donors (Lipinski definition) is 0. The number of nitriles is 1. The first-order valence-corrected chi connectivity index (χ1v) is 12.6. The Hall–Kier alpha value is -1.62. The third kappa shape index (κ3) is 6.97. The van der Waals surface area contributed by atoms with E-state index in [4.69, 9.17) is 5.26 Å². The van der Waals surface area contributed by atoms with Gasteiger partial charge >= 0.3 is 0 Å². The van der Waals surface area contributed by atoms with Gasteiger partial charge in [-0.1, -0.05) is 76.0 Å². The summed E-state index contributed by atoms with van der Waals surface area (Å²) in [6.07, 6.45) is 22.6. The first-order chi connectivity index (χ1) is 14.7. The Kier molecular flexibility index (Phi) is 9.44. The fourth-order valence-corrected chi connectivity index (χ4v) is 5.66. The lowest BCUT2D eigenvalue weighted by atomic mass is 9.70. The molecule has 2 aliphatic carbocycles. The van der Waals surface area contributed by atoms with Crippen LogP contribution in [0.15, 0.2) is 29.8 Å². The molecule has 3 rings (SSSR count). The minimum Gasteiger partial charge on any atom is -0.206 e. The Labute approximate surface area is 183 Å². The molecular weight excluding hydrogens is 369 g/mol. The molecule has 2 heteroatoms. The summed E-state index contributed by atoms with van der Waals surface area (Å²) in [5.74, 6) is 2.47. The van der Waals surface area contributed by atoms with E-state index in [0.29, 0.717) is 0 Å². The molecule has 0 aliphatic heterocycles. The zero-order valence-corrected chi connectivity index (χ0v) is 19.0. The monoisotopic (exact) mass is 409 g/mol. The summed E-state index contributed by atoms with van der Waals surface area (Å²) in [6.45, 7) is 2.29. The van der Waals surface area contributed by atoms with Crippen molar-refractivity contribution < 1.29 is 4.39 Å². The fraction of sp³-hybridized carbons (Fsp3) is 0.679. The molecule has 1 nitrogen and oxygen atoms in total. The summed E-state index contributed by atoms with van der Waals surface area (Å²) in [6, 6.07) is 6.94. The smallest absolute Gasteiger partial charge is 0.141 e.